The molecular formula is C18H15Cl2F2N3O2. The van der Waals surface area contributed by atoms with E-state index in [4.69, 9.17) is 27.9 Å². The van der Waals surface area contributed by atoms with Crippen LogP contribution >= 0.6 is 23.2 Å². The van der Waals surface area contributed by atoms with E-state index in [-0.39, 0.29) is 5.91 Å². The Morgan fingerprint density at radius 1 is 1.22 bits per heavy atom. The van der Waals surface area contributed by atoms with E-state index in [1.165, 1.54) is 18.2 Å². The van der Waals surface area contributed by atoms with Gasteiger partial charge >= 0.3 is 0 Å². The van der Waals surface area contributed by atoms with Gasteiger partial charge in [0.05, 0.1) is 22.7 Å². The Labute approximate surface area is 163 Å². The van der Waals surface area contributed by atoms with E-state index in [1.807, 2.05) is 0 Å². The molecule has 0 saturated heterocycles. The number of alkyl halides is 2. The van der Waals surface area contributed by atoms with Gasteiger partial charge in [-0.15, -0.1) is 0 Å². The molecule has 2 N–H and O–H groups in total. The zero-order chi connectivity index (χ0) is 19.4. The van der Waals surface area contributed by atoms with Crippen LogP contribution in [0, 0.1) is 0 Å². The molecule has 0 atom stereocenters. The maximum absolute atomic E-state index is 12.7. The minimum Gasteiger partial charge on any atom is -0.492 e. The van der Waals surface area contributed by atoms with Crippen LogP contribution in [0.5, 0.6) is 5.75 Å². The number of fused-ring (bicyclic) bond motifs is 1. The Hall–Kier alpha value is -2.38. The molecule has 0 spiro atoms. The van der Waals surface area contributed by atoms with Crippen molar-refractivity contribution >= 4 is 40.1 Å². The Morgan fingerprint density at radius 3 is 2.78 bits per heavy atom. The number of carbonyl (C=O) groups excluding carboxylic acids is 1. The summed E-state index contributed by atoms with van der Waals surface area (Å²) in [4.78, 5) is 18.5. The highest BCUT2D eigenvalue weighted by molar-refractivity contribution is 6.35. The fourth-order valence-electron chi connectivity index (χ4n) is 2.42. The Kier molecular flexibility index (Phi) is 6.13. The van der Waals surface area contributed by atoms with E-state index in [0.717, 1.165) is 0 Å². The topological polar surface area (TPSA) is 67.0 Å². The normalized spacial score (nSPS) is 11.1. The first-order chi connectivity index (χ1) is 12.9. The fraction of sp³-hybridized carbons (Fsp3) is 0.222. The lowest BCUT2D eigenvalue weighted by Crippen LogP contribution is -2.25. The average molecular weight is 414 g/mol. The van der Waals surface area contributed by atoms with Crippen LogP contribution in [0.1, 0.15) is 29.0 Å². The second-order valence-corrected chi connectivity index (χ2v) is 6.53. The first-order valence-electron chi connectivity index (χ1n) is 8.08. The highest BCUT2D eigenvalue weighted by atomic mass is 35.5. The van der Waals surface area contributed by atoms with Gasteiger partial charge in [0.2, 0.25) is 0 Å². The second kappa shape index (κ2) is 8.54. The molecule has 1 amide bonds. The molecule has 1 heterocycles. The molecule has 0 fully saturated rings. The molecule has 3 rings (SSSR count). The summed E-state index contributed by atoms with van der Waals surface area (Å²) in [5.41, 5.74) is 1.13. The van der Waals surface area contributed by atoms with E-state index in [1.54, 1.807) is 18.2 Å². The fourth-order valence-corrected chi connectivity index (χ4v) is 2.89. The summed E-state index contributed by atoms with van der Waals surface area (Å²) in [5, 5.41) is 3.69. The van der Waals surface area contributed by atoms with E-state index in [9.17, 15) is 13.6 Å². The monoisotopic (exact) mass is 413 g/mol. The van der Waals surface area contributed by atoms with Gasteiger partial charge in [-0.05, 0) is 42.8 Å². The van der Waals surface area contributed by atoms with Gasteiger partial charge in [0.15, 0.2) is 5.82 Å². The molecule has 3 aromatic rings. The van der Waals surface area contributed by atoms with Crippen LogP contribution in [0.4, 0.5) is 8.78 Å². The SMILES string of the molecule is O=C(NCCCOc1ccc(Cl)cc1Cl)c1ccc2nc(C(F)F)[nH]c2c1. The number of nitrogens with one attached hydrogen (secondary N) is 2. The Bertz CT molecular complexity index is 963. The Balaban J connectivity index is 1.49. The van der Waals surface area contributed by atoms with Gasteiger partial charge in [-0.2, -0.15) is 0 Å². The van der Waals surface area contributed by atoms with Crippen LogP contribution in [-0.4, -0.2) is 29.0 Å². The van der Waals surface area contributed by atoms with Crippen LogP contribution in [0.2, 0.25) is 10.0 Å². The lowest BCUT2D eigenvalue weighted by molar-refractivity contribution is 0.0951. The summed E-state index contributed by atoms with van der Waals surface area (Å²) in [5.74, 6) is -0.206. The van der Waals surface area contributed by atoms with Crippen molar-refractivity contribution in [3.8, 4) is 5.75 Å². The zero-order valence-corrected chi connectivity index (χ0v) is 15.5. The molecule has 0 saturated carbocycles. The second-order valence-electron chi connectivity index (χ2n) is 5.69. The Morgan fingerprint density at radius 2 is 2.04 bits per heavy atom. The highest BCUT2D eigenvalue weighted by Gasteiger charge is 2.14. The molecule has 0 unspecified atom stereocenters. The summed E-state index contributed by atoms with van der Waals surface area (Å²) in [6, 6.07) is 9.50. The van der Waals surface area contributed by atoms with Gasteiger partial charge in [0, 0.05) is 17.1 Å². The standard InChI is InChI=1S/C18H15Cl2F2N3O2/c19-11-3-5-15(12(20)9-11)27-7-1-6-23-18(26)10-2-4-13-14(8-10)25-17(24-13)16(21)22/h2-5,8-9,16H,1,6-7H2,(H,23,26)(H,24,25). The first kappa shape index (κ1) is 19.4. The van der Waals surface area contributed by atoms with Crippen molar-refractivity contribution in [1.29, 1.82) is 0 Å². The van der Waals surface area contributed by atoms with Crippen molar-refractivity contribution in [1.82, 2.24) is 15.3 Å². The van der Waals surface area contributed by atoms with Crippen LogP contribution in [0.25, 0.3) is 11.0 Å². The lowest BCUT2D eigenvalue weighted by Gasteiger charge is -2.09. The van der Waals surface area contributed by atoms with Gasteiger partial charge in [-0.1, -0.05) is 23.2 Å². The third-order valence-corrected chi connectivity index (χ3v) is 4.26. The number of aromatic amines is 1. The number of imidazole rings is 1. The number of halogens is 4. The van der Waals surface area contributed by atoms with Crippen LogP contribution in [-0.2, 0) is 0 Å². The predicted molar refractivity (Wildman–Crippen MR) is 100.0 cm³/mol. The number of carbonyl (C=O) groups is 1. The van der Waals surface area contributed by atoms with Crippen molar-refractivity contribution < 1.29 is 18.3 Å². The third-order valence-electron chi connectivity index (χ3n) is 3.73. The van der Waals surface area contributed by atoms with E-state index < -0.39 is 12.2 Å². The molecule has 9 heteroatoms. The summed E-state index contributed by atoms with van der Waals surface area (Å²) < 4.78 is 30.9. The van der Waals surface area contributed by atoms with E-state index >= 15 is 0 Å². The molecule has 0 aliphatic heterocycles. The summed E-state index contributed by atoms with van der Waals surface area (Å²) in [6.07, 6.45) is -2.13. The van der Waals surface area contributed by atoms with Crippen LogP contribution < -0.4 is 10.1 Å². The van der Waals surface area contributed by atoms with E-state index in [2.05, 4.69) is 15.3 Å². The predicted octanol–water partition coefficient (Wildman–Crippen LogP) is 5.01. The summed E-state index contributed by atoms with van der Waals surface area (Å²) in [7, 11) is 0. The zero-order valence-electron chi connectivity index (χ0n) is 13.9. The van der Waals surface area contributed by atoms with Gasteiger partial charge in [-0.3, -0.25) is 4.79 Å². The average Bonchev–Trinajstić information content (AvgIpc) is 3.06. The van der Waals surface area contributed by atoms with Crippen molar-refractivity contribution in [2.24, 2.45) is 0 Å². The van der Waals surface area contributed by atoms with Gasteiger partial charge < -0.3 is 15.0 Å². The van der Waals surface area contributed by atoms with E-state index in [0.29, 0.717) is 52.0 Å². The molecule has 2 aromatic carbocycles. The van der Waals surface area contributed by atoms with Crippen LogP contribution in [0.15, 0.2) is 36.4 Å². The number of nitrogens with zero attached hydrogens (tertiary/aromatic N) is 1. The number of aromatic nitrogens is 2. The smallest absolute Gasteiger partial charge is 0.295 e. The van der Waals surface area contributed by atoms with Gasteiger partial charge in [0.25, 0.3) is 12.3 Å². The molecule has 0 bridgehead atoms. The quantitative estimate of drug-likeness (QED) is 0.535. The molecule has 1 aromatic heterocycles. The highest BCUT2D eigenvalue weighted by Crippen LogP contribution is 2.27. The minimum atomic E-state index is -2.69. The number of benzene rings is 2. The number of hydrogen-bond acceptors (Lipinski definition) is 3. The molecule has 0 aliphatic carbocycles. The number of amides is 1. The van der Waals surface area contributed by atoms with Gasteiger partial charge in [-0.25, -0.2) is 13.8 Å². The largest absolute Gasteiger partial charge is 0.492 e. The maximum atomic E-state index is 12.7. The van der Waals surface area contributed by atoms with Gasteiger partial charge in [0.1, 0.15) is 5.75 Å². The molecule has 0 aliphatic rings. The van der Waals surface area contributed by atoms with Crippen molar-refractivity contribution in [3.63, 3.8) is 0 Å². The number of ether oxygens (including phenoxy) is 1. The molecule has 27 heavy (non-hydrogen) atoms. The molecule has 142 valence electrons. The molecular weight excluding hydrogens is 399 g/mol. The van der Waals surface area contributed by atoms with Crippen molar-refractivity contribution in [2.75, 3.05) is 13.2 Å². The minimum absolute atomic E-state index is 0.311. The maximum Gasteiger partial charge on any atom is 0.295 e. The first-order valence-corrected chi connectivity index (χ1v) is 8.83. The summed E-state index contributed by atoms with van der Waals surface area (Å²) in [6.45, 7) is 0.742. The number of rotatable bonds is 7. The summed E-state index contributed by atoms with van der Waals surface area (Å²) >= 11 is 11.8. The van der Waals surface area contributed by atoms with Crippen LogP contribution in [0.3, 0.4) is 0 Å². The lowest BCUT2D eigenvalue weighted by atomic mass is 10.2. The number of hydrogen-bond donors (Lipinski definition) is 2. The number of H-pyrrole nitrogens is 1. The molecule has 5 nitrogen and oxygen atoms in total. The van der Waals surface area contributed by atoms with Crippen molar-refractivity contribution in [2.45, 2.75) is 12.8 Å². The third kappa shape index (κ3) is 4.87. The van der Waals surface area contributed by atoms with Crippen molar-refractivity contribution in [3.05, 3.63) is 57.8 Å². The molecule has 0 radical (unpaired) electrons.